The lowest BCUT2D eigenvalue weighted by Crippen LogP contribution is -2.44. The summed E-state index contributed by atoms with van der Waals surface area (Å²) in [4.78, 5) is 22.6. The van der Waals surface area contributed by atoms with Gasteiger partial charge in [-0.25, -0.2) is 0 Å². The maximum Gasteiger partial charge on any atom is 0.309 e. The Morgan fingerprint density at radius 2 is 1.94 bits per heavy atom. The van der Waals surface area contributed by atoms with Gasteiger partial charge < -0.3 is 10.4 Å². The van der Waals surface area contributed by atoms with E-state index in [1.807, 2.05) is 6.92 Å². The zero-order valence-electron chi connectivity index (χ0n) is 10.3. The molecule has 0 aromatic heterocycles. The number of hydrogen-bond donors (Lipinski definition) is 2. The highest BCUT2D eigenvalue weighted by molar-refractivity contribution is 5.83. The molecule has 1 aliphatic rings. The Hall–Kier alpha value is -1.06. The average Bonchev–Trinajstić information content (AvgIpc) is 2.13. The molecule has 1 aliphatic carbocycles. The molecule has 1 rings (SSSR count). The molecule has 0 aromatic carbocycles. The van der Waals surface area contributed by atoms with E-state index in [-0.39, 0.29) is 11.3 Å². The molecule has 1 fully saturated rings. The summed E-state index contributed by atoms with van der Waals surface area (Å²) in [5.74, 6) is -0.753. The van der Waals surface area contributed by atoms with Crippen LogP contribution in [0.3, 0.4) is 0 Å². The Balaban J connectivity index is 2.30. The number of aliphatic carboxylic acids is 1. The van der Waals surface area contributed by atoms with Gasteiger partial charge in [0, 0.05) is 12.0 Å². The molecule has 92 valence electrons. The van der Waals surface area contributed by atoms with Crippen molar-refractivity contribution in [3.05, 3.63) is 0 Å². The van der Waals surface area contributed by atoms with Crippen LogP contribution in [0.15, 0.2) is 0 Å². The van der Waals surface area contributed by atoms with Crippen molar-refractivity contribution in [2.75, 3.05) is 6.54 Å². The number of rotatable bonds is 5. The van der Waals surface area contributed by atoms with Gasteiger partial charge in [0.2, 0.25) is 5.91 Å². The smallest absolute Gasteiger partial charge is 0.309 e. The van der Waals surface area contributed by atoms with E-state index in [0.29, 0.717) is 13.0 Å². The van der Waals surface area contributed by atoms with Crippen molar-refractivity contribution in [1.29, 1.82) is 0 Å². The highest BCUT2D eigenvalue weighted by Crippen LogP contribution is 2.40. The van der Waals surface area contributed by atoms with Gasteiger partial charge in [0.15, 0.2) is 0 Å². The number of carbonyl (C=O) groups is 2. The highest BCUT2D eigenvalue weighted by atomic mass is 16.4. The largest absolute Gasteiger partial charge is 0.481 e. The fraction of sp³-hybridized carbons (Fsp3) is 0.833. The minimum Gasteiger partial charge on any atom is -0.481 e. The molecule has 16 heavy (non-hydrogen) atoms. The molecule has 4 heteroatoms. The normalized spacial score (nSPS) is 18.7. The van der Waals surface area contributed by atoms with Gasteiger partial charge in [-0.15, -0.1) is 0 Å². The third kappa shape index (κ3) is 2.74. The predicted molar refractivity (Wildman–Crippen MR) is 61.0 cm³/mol. The maximum absolute atomic E-state index is 11.7. The van der Waals surface area contributed by atoms with E-state index in [1.54, 1.807) is 13.8 Å². The first-order valence-electron chi connectivity index (χ1n) is 5.80. The molecule has 4 nitrogen and oxygen atoms in total. The van der Waals surface area contributed by atoms with Crippen LogP contribution in [0.5, 0.6) is 0 Å². The Morgan fingerprint density at radius 3 is 2.31 bits per heavy atom. The lowest BCUT2D eigenvalue weighted by atomic mass is 9.70. The molecule has 0 spiro atoms. The molecule has 2 N–H and O–H groups in total. The Morgan fingerprint density at radius 1 is 1.38 bits per heavy atom. The Bertz CT molecular complexity index is 293. The monoisotopic (exact) mass is 227 g/mol. The van der Waals surface area contributed by atoms with Crippen molar-refractivity contribution in [3.8, 4) is 0 Å². The molecule has 0 unspecified atom stereocenters. The Kier molecular flexibility index (Phi) is 3.61. The molecule has 0 atom stereocenters. The summed E-state index contributed by atoms with van der Waals surface area (Å²) in [7, 11) is 0. The van der Waals surface area contributed by atoms with Crippen molar-refractivity contribution >= 4 is 11.9 Å². The van der Waals surface area contributed by atoms with Crippen LogP contribution in [-0.4, -0.2) is 23.5 Å². The van der Waals surface area contributed by atoms with Crippen LogP contribution in [-0.2, 0) is 9.59 Å². The minimum absolute atomic E-state index is 0.0694. The molecule has 1 amide bonds. The fourth-order valence-corrected chi connectivity index (χ4v) is 1.74. The summed E-state index contributed by atoms with van der Waals surface area (Å²) in [6.07, 6.45) is 3.47. The van der Waals surface area contributed by atoms with Crippen LogP contribution in [0.4, 0.5) is 0 Å². The van der Waals surface area contributed by atoms with Crippen LogP contribution in [0, 0.1) is 10.8 Å². The predicted octanol–water partition coefficient (Wildman–Crippen LogP) is 1.79. The topological polar surface area (TPSA) is 66.4 Å². The van der Waals surface area contributed by atoms with Gasteiger partial charge >= 0.3 is 5.97 Å². The summed E-state index contributed by atoms with van der Waals surface area (Å²) >= 11 is 0. The second kappa shape index (κ2) is 4.44. The third-order valence-corrected chi connectivity index (χ3v) is 3.62. The van der Waals surface area contributed by atoms with E-state index in [4.69, 9.17) is 5.11 Å². The van der Waals surface area contributed by atoms with Crippen LogP contribution < -0.4 is 5.32 Å². The quantitative estimate of drug-likeness (QED) is 0.752. The Labute approximate surface area is 96.4 Å². The van der Waals surface area contributed by atoms with E-state index in [0.717, 1.165) is 19.3 Å². The van der Waals surface area contributed by atoms with Crippen molar-refractivity contribution in [2.24, 2.45) is 10.8 Å². The van der Waals surface area contributed by atoms with Crippen molar-refractivity contribution in [2.45, 2.75) is 46.5 Å². The number of nitrogens with one attached hydrogen (secondary N) is 1. The number of carbonyl (C=O) groups excluding carboxylic acids is 1. The van der Waals surface area contributed by atoms with Crippen molar-refractivity contribution < 1.29 is 14.7 Å². The maximum atomic E-state index is 11.7. The zero-order valence-corrected chi connectivity index (χ0v) is 10.3. The first-order valence-corrected chi connectivity index (χ1v) is 5.80. The summed E-state index contributed by atoms with van der Waals surface area (Å²) < 4.78 is 0. The summed E-state index contributed by atoms with van der Waals surface area (Å²) in [6.45, 7) is 5.75. The van der Waals surface area contributed by atoms with Gasteiger partial charge in [-0.1, -0.05) is 13.3 Å². The lowest BCUT2D eigenvalue weighted by molar-refractivity contribution is -0.147. The standard InChI is InChI=1S/C12H21NO3/c1-11(2,10(15)16)7-8-13-9(14)12(3)5-4-6-12/h4-8H2,1-3H3,(H,13,14)(H,15,16). The molecular weight excluding hydrogens is 206 g/mol. The first-order chi connectivity index (χ1) is 7.28. The summed E-state index contributed by atoms with van der Waals surface area (Å²) in [6, 6.07) is 0. The number of carboxylic acid groups (broad SMARTS) is 1. The molecule has 0 radical (unpaired) electrons. The fourth-order valence-electron chi connectivity index (χ4n) is 1.74. The second-order valence-electron chi connectivity index (χ2n) is 5.61. The second-order valence-corrected chi connectivity index (χ2v) is 5.61. The number of carboxylic acids is 1. The lowest BCUT2D eigenvalue weighted by Gasteiger charge is -2.36. The van der Waals surface area contributed by atoms with E-state index >= 15 is 0 Å². The SMILES string of the molecule is CC(C)(CCNC(=O)C1(C)CCC1)C(=O)O. The molecule has 0 aliphatic heterocycles. The van der Waals surface area contributed by atoms with Crippen LogP contribution >= 0.6 is 0 Å². The van der Waals surface area contributed by atoms with Crippen LogP contribution in [0.2, 0.25) is 0 Å². The highest BCUT2D eigenvalue weighted by Gasteiger charge is 2.39. The molecule has 0 bridgehead atoms. The van der Waals surface area contributed by atoms with Crippen molar-refractivity contribution in [3.63, 3.8) is 0 Å². The first kappa shape index (κ1) is 13.0. The molecule has 0 aromatic rings. The van der Waals surface area contributed by atoms with Gasteiger partial charge in [0.05, 0.1) is 5.41 Å². The molecular formula is C12H21NO3. The molecule has 1 saturated carbocycles. The number of hydrogen-bond acceptors (Lipinski definition) is 2. The minimum atomic E-state index is -0.823. The van der Waals surface area contributed by atoms with Crippen molar-refractivity contribution in [1.82, 2.24) is 5.32 Å². The van der Waals surface area contributed by atoms with Gasteiger partial charge in [0.25, 0.3) is 0 Å². The number of amides is 1. The van der Waals surface area contributed by atoms with Gasteiger partial charge in [0.1, 0.15) is 0 Å². The molecule has 0 saturated heterocycles. The summed E-state index contributed by atoms with van der Waals surface area (Å²) in [5.41, 5.74) is -0.971. The average molecular weight is 227 g/mol. The van der Waals surface area contributed by atoms with Gasteiger partial charge in [-0.05, 0) is 33.1 Å². The van der Waals surface area contributed by atoms with E-state index in [9.17, 15) is 9.59 Å². The van der Waals surface area contributed by atoms with Gasteiger partial charge in [-0.2, -0.15) is 0 Å². The van der Waals surface area contributed by atoms with Crippen LogP contribution in [0.25, 0.3) is 0 Å². The van der Waals surface area contributed by atoms with Crippen LogP contribution in [0.1, 0.15) is 46.5 Å². The molecule has 0 heterocycles. The van der Waals surface area contributed by atoms with Gasteiger partial charge in [-0.3, -0.25) is 9.59 Å². The van der Waals surface area contributed by atoms with E-state index in [1.165, 1.54) is 0 Å². The third-order valence-electron chi connectivity index (χ3n) is 3.62. The zero-order chi connectivity index (χ0) is 12.4. The summed E-state index contributed by atoms with van der Waals surface area (Å²) in [5, 5.41) is 11.7. The van der Waals surface area contributed by atoms with E-state index < -0.39 is 11.4 Å². The van der Waals surface area contributed by atoms with E-state index in [2.05, 4.69) is 5.32 Å².